The highest BCUT2D eigenvalue weighted by atomic mass is 32.2. The van der Waals surface area contributed by atoms with Crippen LogP contribution in [0, 0.1) is 0 Å². The summed E-state index contributed by atoms with van der Waals surface area (Å²) < 4.78 is 7.19. The maximum Gasteiger partial charge on any atom is 0.293 e. The second kappa shape index (κ2) is 8.31. The first-order chi connectivity index (χ1) is 14.6. The van der Waals surface area contributed by atoms with Crippen LogP contribution in [-0.4, -0.2) is 28.9 Å². The van der Waals surface area contributed by atoms with Gasteiger partial charge in [-0.15, -0.1) is 0 Å². The third kappa shape index (κ3) is 3.37. The van der Waals surface area contributed by atoms with Gasteiger partial charge in [-0.25, -0.2) is 9.88 Å². The zero-order chi connectivity index (χ0) is 21.3. The predicted molar refractivity (Wildman–Crippen MR) is 112 cm³/mol. The van der Waals surface area contributed by atoms with E-state index in [1.165, 1.54) is 11.8 Å². The van der Waals surface area contributed by atoms with Gasteiger partial charge in [-0.05, 0) is 49.6 Å². The summed E-state index contributed by atoms with van der Waals surface area (Å²) in [7, 11) is 0. The van der Waals surface area contributed by atoms with E-state index in [0.717, 1.165) is 11.3 Å². The van der Waals surface area contributed by atoms with Crippen LogP contribution in [0.25, 0.3) is 11.3 Å². The Labute approximate surface area is 179 Å². The molecule has 0 saturated heterocycles. The Balaban J connectivity index is 1.99. The lowest BCUT2D eigenvalue weighted by Gasteiger charge is -2.33. The Morgan fingerprint density at radius 3 is 2.60 bits per heavy atom. The molecule has 2 aromatic carbocycles. The maximum atomic E-state index is 13.1. The largest absolute Gasteiger partial charge is 0.854 e. The van der Waals surface area contributed by atoms with Crippen LogP contribution in [0.1, 0.15) is 32.0 Å². The monoisotopic (exact) mass is 422 g/mol. The highest BCUT2D eigenvalue weighted by molar-refractivity contribution is 7.98. The van der Waals surface area contributed by atoms with Gasteiger partial charge in [0.2, 0.25) is 5.91 Å². The van der Waals surface area contributed by atoms with Gasteiger partial charge in [0.25, 0.3) is 17.0 Å². The SMILES string of the molecule is CCOc1ccc(C2N(C(=O)CC)c3ccccc3-c3c([O-])nc(SC)n[n+]32)cc1. The quantitative estimate of drug-likeness (QED) is 0.464. The average Bonchev–Trinajstić information content (AvgIpc) is 2.78. The molecule has 0 saturated carbocycles. The fourth-order valence-corrected chi connectivity index (χ4v) is 4.01. The summed E-state index contributed by atoms with van der Waals surface area (Å²) in [5.41, 5.74) is 2.54. The minimum Gasteiger partial charge on any atom is -0.854 e. The number of fused-ring (bicyclic) bond motifs is 3. The summed E-state index contributed by atoms with van der Waals surface area (Å²) in [6.07, 6.45) is 1.54. The van der Waals surface area contributed by atoms with Gasteiger partial charge in [-0.2, -0.15) is 0 Å². The number of hydrogen-bond donors (Lipinski definition) is 0. The number of aromatic nitrogens is 3. The Bertz CT molecular complexity index is 1090. The van der Waals surface area contributed by atoms with Gasteiger partial charge in [0, 0.05) is 17.1 Å². The number of benzene rings is 2. The first-order valence-electron chi connectivity index (χ1n) is 9.78. The van der Waals surface area contributed by atoms with Gasteiger partial charge >= 0.3 is 0 Å². The van der Waals surface area contributed by atoms with Crippen molar-refractivity contribution in [2.24, 2.45) is 0 Å². The van der Waals surface area contributed by atoms with Gasteiger partial charge in [0.05, 0.1) is 23.7 Å². The number of para-hydroxylation sites is 1. The number of hydrogen-bond acceptors (Lipinski definition) is 6. The molecule has 154 valence electrons. The molecule has 7 nitrogen and oxygen atoms in total. The molecule has 0 bridgehead atoms. The molecule has 0 spiro atoms. The van der Waals surface area contributed by atoms with Crippen LogP contribution in [0.4, 0.5) is 5.69 Å². The normalized spacial score (nSPS) is 14.8. The topological polar surface area (TPSA) is 82.3 Å². The van der Waals surface area contributed by atoms with Crippen molar-refractivity contribution in [2.75, 3.05) is 17.8 Å². The number of rotatable bonds is 5. The van der Waals surface area contributed by atoms with E-state index >= 15 is 0 Å². The highest BCUT2D eigenvalue weighted by Crippen LogP contribution is 2.41. The number of carbonyl (C=O) groups is 1. The molecule has 30 heavy (non-hydrogen) atoms. The molecule has 2 heterocycles. The van der Waals surface area contributed by atoms with Crippen molar-refractivity contribution in [1.29, 1.82) is 0 Å². The molecular weight excluding hydrogens is 400 g/mol. The van der Waals surface area contributed by atoms with Crippen LogP contribution in [0.3, 0.4) is 0 Å². The Morgan fingerprint density at radius 1 is 1.20 bits per heavy atom. The number of carbonyl (C=O) groups excluding carboxylic acids is 1. The second-order valence-corrected chi connectivity index (χ2v) is 7.48. The predicted octanol–water partition coefficient (Wildman–Crippen LogP) is 2.93. The fraction of sp³-hybridized carbons (Fsp3) is 0.273. The molecule has 1 atom stereocenters. The molecule has 0 radical (unpaired) electrons. The van der Waals surface area contributed by atoms with Crippen LogP contribution in [0.5, 0.6) is 11.6 Å². The van der Waals surface area contributed by atoms with Crippen LogP contribution < -0.4 is 19.4 Å². The van der Waals surface area contributed by atoms with Crippen molar-refractivity contribution in [2.45, 2.75) is 31.6 Å². The lowest BCUT2D eigenvalue weighted by Crippen LogP contribution is -2.59. The maximum absolute atomic E-state index is 13.1. The van der Waals surface area contributed by atoms with E-state index in [1.54, 1.807) is 9.58 Å². The molecule has 1 unspecified atom stereocenters. The standard InChI is InChI=1S/C22H22N4O3S/c1-4-18(27)25-17-9-7-6-8-16(17)19-20(28)23-22(30-3)24-26(19)21(25)14-10-12-15(13-11-14)29-5-2/h6-13,21H,4-5H2,1-3H3. The van der Waals surface area contributed by atoms with Crippen molar-refractivity contribution in [3.63, 3.8) is 0 Å². The van der Waals surface area contributed by atoms with Crippen molar-refractivity contribution in [1.82, 2.24) is 10.1 Å². The molecule has 0 N–H and O–H groups in total. The zero-order valence-corrected chi connectivity index (χ0v) is 17.8. The van der Waals surface area contributed by atoms with E-state index in [9.17, 15) is 9.90 Å². The number of thioether (sulfide) groups is 1. The molecular formula is C22H22N4O3S. The van der Waals surface area contributed by atoms with Crippen molar-refractivity contribution in [3.8, 4) is 22.9 Å². The fourth-order valence-electron chi connectivity index (χ4n) is 3.66. The average molecular weight is 423 g/mol. The number of ether oxygens (including phenoxy) is 1. The molecule has 1 aliphatic heterocycles. The van der Waals surface area contributed by atoms with Crippen molar-refractivity contribution in [3.05, 3.63) is 54.1 Å². The van der Waals surface area contributed by atoms with Crippen LogP contribution in [-0.2, 0) is 4.79 Å². The molecule has 4 rings (SSSR count). The molecule has 8 heteroatoms. The summed E-state index contributed by atoms with van der Waals surface area (Å²) >= 11 is 1.29. The van der Waals surface area contributed by atoms with E-state index in [2.05, 4.69) is 10.1 Å². The van der Waals surface area contributed by atoms with E-state index in [-0.39, 0.29) is 11.8 Å². The lowest BCUT2D eigenvalue weighted by atomic mass is 10.0. The van der Waals surface area contributed by atoms with Crippen molar-refractivity contribution < 1.29 is 19.3 Å². The third-order valence-electron chi connectivity index (χ3n) is 4.96. The summed E-state index contributed by atoms with van der Waals surface area (Å²) in [5, 5.41) is 17.9. The summed E-state index contributed by atoms with van der Waals surface area (Å²) in [4.78, 5) is 18.9. The number of nitrogens with zero attached hydrogens (tertiary/aromatic N) is 4. The lowest BCUT2D eigenvalue weighted by molar-refractivity contribution is -0.764. The highest BCUT2D eigenvalue weighted by Gasteiger charge is 2.44. The molecule has 3 aromatic rings. The van der Waals surface area contributed by atoms with Crippen LogP contribution in [0.2, 0.25) is 0 Å². The van der Waals surface area contributed by atoms with Gasteiger partial charge in [-0.3, -0.25) is 4.79 Å². The Morgan fingerprint density at radius 2 is 1.93 bits per heavy atom. The third-order valence-corrected chi connectivity index (χ3v) is 5.50. The summed E-state index contributed by atoms with van der Waals surface area (Å²) in [5.74, 6) is 0.325. The minimum absolute atomic E-state index is 0.0590. The van der Waals surface area contributed by atoms with E-state index in [1.807, 2.05) is 68.6 Å². The second-order valence-electron chi connectivity index (χ2n) is 6.71. The molecule has 0 fully saturated rings. The summed E-state index contributed by atoms with van der Waals surface area (Å²) in [6, 6.07) is 14.9. The molecule has 1 amide bonds. The molecule has 1 aromatic heterocycles. The van der Waals surface area contributed by atoms with Crippen molar-refractivity contribution >= 4 is 23.4 Å². The Hall–Kier alpha value is -3.13. The molecule has 0 aliphatic carbocycles. The van der Waals surface area contributed by atoms with E-state index < -0.39 is 6.17 Å². The first-order valence-corrected chi connectivity index (χ1v) is 11.0. The molecule has 1 aliphatic rings. The van der Waals surface area contributed by atoms with Crippen LogP contribution >= 0.6 is 11.8 Å². The minimum atomic E-state index is -0.598. The van der Waals surface area contributed by atoms with E-state index in [0.29, 0.717) is 35.1 Å². The zero-order valence-electron chi connectivity index (χ0n) is 17.0. The number of amides is 1. The van der Waals surface area contributed by atoms with Gasteiger partial charge in [0.1, 0.15) is 5.75 Å². The smallest absolute Gasteiger partial charge is 0.293 e. The first kappa shape index (κ1) is 20.2. The number of anilines is 1. The Kier molecular flexibility index (Phi) is 5.59. The van der Waals surface area contributed by atoms with Crippen LogP contribution in [0.15, 0.2) is 53.7 Å². The van der Waals surface area contributed by atoms with Gasteiger partial charge < -0.3 is 9.84 Å². The van der Waals surface area contributed by atoms with Gasteiger partial charge in [0.15, 0.2) is 0 Å². The summed E-state index contributed by atoms with van der Waals surface area (Å²) in [6.45, 7) is 4.32. The van der Waals surface area contributed by atoms with Gasteiger partial charge in [-0.1, -0.05) is 35.5 Å². The van der Waals surface area contributed by atoms with E-state index in [4.69, 9.17) is 4.74 Å².